The van der Waals surface area contributed by atoms with Crippen LogP contribution in [0.15, 0.2) is 60.7 Å². The fraction of sp³-hybridized carbons (Fsp3) is 0.238. The number of benzene rings is 2. The largest absolute Gasteiger partial charge is 0.425 e. The molecule has 4 nitrogen and oxygen atoms in total. The van der Waals surface area contributed by atoms with Crippen molar-refractivity contribution >= 4 is 29.6 Å². The zero-order valence-electron chi connectivity index (χ0n) is 14.3. The minimum Gasteiger partial charge on any atom is -0.425 e. The number of amides is 1. The molecule has 1 saturated heterocycles. The number of esters is 1. The van der Waals surface area contributed by atoms with Crippen molar-refractivity contribution in [2.75, 3.05) is 6.54 Å². The first-order valence-electron chi connectivity index (χ1n) is 8.64. The van der Waals surface area contributed by atoms with Crippen LogP contribution in [0.3, 0.4) is 0 Å². The van der Waals surface area contributed by atoms with Gasteiger partial charge in [0.25, 0.3) is 0 Å². The third-order valence-corrected chi connectivity index (χ3v) is 4.56. The second-order valence-corrected chi connectivity index (χ2v) is 6.60. The second kappa shape index (κ2) is 8.68. The van der Waals surface area contributed by atoms with E-state index in [0.717, 1.165) is 18.4 Å². The summed E-state index contributed by atoms with van der Waals surface area (Å²) in [6.45, 7) is 0.554. The molecule has 1 amide bonds. The van der Waals surface area contributed by atoms with Crippen LogP contribution in [-0.4, -0.2) is 29.4 Å². The van der Waals surface area contributed by atoms with E-state index in [1.54, 1.807) is 47.4 Å². The molecule has 0 bridgehead atoms. The van der Waals surface area contributed by atoms with Crippen molar-refractivity contribution in [3.63, 3.8) is 0 Å². The molecule has 0 radical (unpaired) electrons. The molecule has 1 fully saturated rings. The summed E-state index contributed by atoms with van der Waals surface area (Å²) < 4.78 is 5.44. The molecule has 2 aromatic carbocycles. The van der Waals surface area contributed by atoms with Gasteiger partial charge in [0.2, 0.25) is 5.91 Å². The number of hydrogen-bond donors (Lipinski definition) is 0. The van der Waals surface area contributed by atoms with E-state index in [0.29, 0.717) is 23.7 Å². The van der Waals surface area contributed by atoms with Crippen LogP contribution in [0.2, 0.25) is 5.02 Å². The van der Waals surface area contributed by atoms with Crippen LogP contribution in [0.25, 0.3) is 6.08 Å². The molecule has 1 aliphatic rings. The number of para-hydroxylation sites is 1. The summed E-state index contributed by atoms with van der Waals surface area (Å²) in [5.41, 5.74) is 0.878. The van der Waals surface area contributed by atoms with E-state index in [1.165, 1.54) is 6.08 Å². The first-order chi connectivity index (χ1) is 12.6. The first-order valence-corrected chi connectivity index (χ1v) is 9.02. The van der Waals surface area contributed by atoms with Crippen molar-refractivity contribution in [3.8, 4) is 5.75 Å². The third-order valence-electron chi connectivity index (χ3n) is 4.31. The summed E-state index contributed by atoms with van der Waals surface area (Å²) in [4.78, 5) is 26.7. The Kier molecular flexibility index (Phi) is 6.08. The molecule has 134 valence electrons. The Morgan fingerprint density at radius 3 is 2.50 bits per heavy atom. The van der Waals surface area contributed by atoms with Crippen molar-refractivity contribution in [2.45, 2.75) is 25.3 Å². The SMILES string of the molecule is O=C(Oc1ccccc1)C1CCCCN1C(=O)/C=C/c1ccc(Cl)cc1. The molecule has 0 aromatic heterocycles. The van der Waals surface area contributed by atoms with Crippen molar-refractivity contribution in [1.82, 2.24) is 4.90 Å². The zero-order valence-corrected chi connectivity index (χ0v) is 15.1. The van der Waals surface area contributed by atoms with Crippen molar-refractivity contribution in [2.24, 2.45) is 0 Å². The molecule has 1 heterocycles. The molecule has 0 saturated carbocycles. The standard InChI is InChI=1S/C21H20ClNO3/c22-17-12-9-16(10-13-17)11-14-20(24)23-15-5-4-8-19(23)21(25)26-18-6-2-1-3-7-18/h1-3,6-7,9-14,19H,4-5,8,15H2/b14-11+. The number of piperidine rings is 1. The van der Waals surface area contributed by atoms with E-state index in [2.05, 4.69) is 0 Å². The molecule has 0 N–H and O–H groups in total. The molecule has 1 atom stereocenters. The van der Waals surface area contributed by atoms with Crippen LogP contribution < -0.4 is 4.74 Å². The Morgan fingerprint density at radius 2 is 1.77 bits per heavy atom. The van der Waals surface area contributed by atoms with Gasteiger partial charge in [0.15, 0.2) is 0 Å². The summed E-state index contributed by atoms with van der Waals surface area (Å²) in [6, 6.07) is 15.6. The average Bonchev–Trinajstić information content (AvgIpc) is 2.68. The highest BCUT2D eigenvalue weighted by Gasteiger charge is 2.32. The lowest BCUT2D eigenvalue weighted by Gasteiger charge is -2.33. The highest BCUT2D eigenvalue weighted by Crippen LogP contribution is 2.21. The summed E-state index contributed by atoms with van der Waals surface area (Å²) in [7, 11) is 0. The average molecular weight is 370 g/mol. The smallest absolute Gasteiger partial charge is 0.334 e. The number of nitrogens with zero attached hydrogens (tertiary/aromatic N) is 1. The van der Waals surface area contributed by atoms with Crippen LogP contribution in [0.4, 0.5) is 0 Å². The van der Waals surface area contributed by atoms with Gasteiger partial charge < -0.3 is 9.64 Å². The number of carbonyl (C=O) groups excluding carboxylic acids is 2. The van der Waals surface area contributed by atoms with E-state index in [1.807, 2.05) is 18.2 Å². The summed E-state index contributed by atoms with van der Waals surface area (Å²) in [6.07, 6.45) is 5.63. The Balaban J connectivity index is 1.68. The lowest BCUT2D eigenvalue weighted by atomic mass is 10.0. The molecule has 1 aliphatic heterocycles. The van der Waals surface area contributed by atoms with Gasteiger partial charge in [0.1, 0.15) is 11.8 Å². The highest BCUT2D eigenvalue weighted by molar-refractivity contribution is 6.30. The maximum absolute atomic E-state index is 12.6. The van der Waals surface area contributed by atoms with E-state index >= 15 is 0 Å². The summed E-state index contributed by atoms with van der Waals surface area (Å²) >= 11 is 5.87. The van der Waals surface area contributed by atoms with Gasteiger partial charge in [-0.3, -0.25) is 4.79 Å². The number of likely N-dealkylation sites (tertiary alicyclic amines) is 1. The lowest BCUT2D eigenvalue weighted by molar-refractivity contribution is -0.147. The maximum atomic E-state index is 12.6. The molecule has 5 heteroatoms. The summed E-state index contributed by atoms with van der Waals surface area (Å²) in [5, 5.41) is 0.647. The molecule has 3 rings (SSSR count). The zero-order chi connectivity index (χ0) is 18.4. The van der Waals surface area contributed by atoms with Gasteiger partial charge in [-0.2, -0.15) is 0 Å². The Labute approximate surface area is 158 Å². The summed E-state index contributed by atoms with van der Waals surface area (Å²) in [5.74, 6) is -0.0778. The van der Waals surface area contributed by atoms with Crippen LogP contribution in [0.5, 0.6) is 5.75 Å². The Morgan fingerprint density at radius 1 is 1.04 bits per heavy atom. The Hall–Kier alpha value is -2.59. The lowest BCUT2D eigenvalue weighted by Crippen LogP contribution is -2.48. The maximum Gasteiger partial charge on any atom is 0.334 e. The third kappa shape index (κ3) is 4.73. The van der Waals surface area contributed by atoms with Crippen molar-refractivity contribution < 1.29 is 14.3 Å². The Bertz CT molecular complexity index is 787. The van der Waals surface area contributed by atoms with Crippen LogP contribution >= 0.6 is 11.6 Å². The minimum atomic E-state index is -0.550. The molecule has 26 heavy (non-hydrogen) atoms. The van der Waals surface area contributed by atoms with E-state index < -0.39 is 6.04 Å². The number of halogens is 1. The molecule has 0 aliphatic carbocycles. The predicted octanol–water partition coefficient (Wildman–Crippen LogP) is 4.34. The second-order valence-electron chi connectivity index (χ2n) is 6.16. The highest BCUT2D eigenvalue weighted by atomic mass is 35.5. The number of hydrogen-bond acceptors (Lipinski definition) is 3. The van der Waals surface area contributed by atoms with Gasteiger partial charge in [-0.15, -0.1) is 0 Å². The van der Waals surface area contributed by atoms with Crippen LogP contribution in [0, 0.1) is 0 Å². The topological polar surface area (TPSA) is 46.6 Å². The van der Waals surface area contributed by atoms with Gasteiger partial charge in [-0.05, 0) is 55.2 Å². The number of ether oxygens (including phenoxy) is 1. The normalized spacial score (nSPS) is 17.3. The molecular weight excluding hydrogens is 350 g/mol. The fourth-order valence-corrected chi connectivity index (χ4v) is 3.08. The van der Waals surface area contributed by atoms with Gasteiger partial charge >= 0.3 is 5.97 Å². The van der Waals surface area contributed by atoms with Gasteiger partial charge in [-0.1, -0.05) is 41.9 Å². The monoisotopic (exact) mass is 369 g/mol. The van der Waals surface area contributed by atoms with E-state index in [9.17, 15) is 9.59 Å². The molecule has 0 spiro atoms. The van der Waals surface area contributed by atoms with Crippen molar-refractivity contribution in [1.29, 1.82) is 0 Å². The molecule has 1 unspecified atom stereocenters. The first kappa shape index (κ1) is 18.2. The quantitative estimate of drug-likeness (QED) is 0.457. The van der Waals surface area contributed by atoms with Crippen LogP contribution in [-0.2, 0) is 9.59 Å². The molecular formula is C21H20ClNO3. The minimum absolute atomic E-state index is 0.185. The van der Waals surface area contributed by atoms with Gasteiger partial charge in [0, 0.05) is 17.6 Å². The van der Waals surface area contributed by atoms with Crippen LogP contribution in [0.1, 0.15) is 24.8 Å². The molecule has 2 aromatic rings. The van der Waals surface area contributed by atoms with Gasteiger partial charge in [-0.25, -0.2) is 4.79 Å². The number of rotatable bonds is 4. The number of carbonyl (C=O) groups is 2. The van der Waals surface area contributed by atoms with Crippen molar-refractivity contribution in [3.05, 3.63) is 71.3 Å². The fourth-order valence-electron chi connectivity index (χ4n) is 2.95. The van der Waals surface area contributed by atoms with E-state index in [-0.39, 0.29) is 11.9 Å². The van der Waals surface area contributed by atoms with E-state index in [4.69, 9.17) is 16.3 Å². The predicted molar refractivity (Wildman–Crippen MR) is 102 cm³/mol. The van der Waals surface area contributed by atoms with Gasteiger partial charge in [0.05, 0.1) is 0 Å².